The summed E-state index contributed by atoms with van der Waals surface area (Å²) in [4.78, 5) is 15.5. The van der Waals surface area contributed by atoms with E-state index < -0.39 is 0 Å². The van der Waals surface area contributed by atoms with Crippen LogP contribution in [0.15, 0.2) is 18.2 Å². The number of hydrogen-bond donors (Lipinski definition) is 1. The van der Waals surface area contributed by atoms with Crippen LogP contribution in [0.3, 0.4) is 0 Å². The van der Waals surface area contributed by atoms with Gasteiger partial charge in [0, 0.05) is 26.7 Å². The van der Waals surface area contributed by atoms with E-state index in [2.05, 4.69) is 5.32 Å². The van der Waals surface area contributed by atoms with Crippen LogP contribution in [0.5, 0.6) is 0 Å². The molecular weight excluding hydrogens is 245 g/mol. The third kappa shape index (κ3) is 3.04. The molecule has 1 aliphatic heterocycles. The van der Waals surface area contributed by atoms with Gasteiger partial charge in [-0.25, -0.2) is 4.39 Å². The van der Waals surface area contributed by atoms with Crippen molar-refractivity contribution in [3.8, 4) is 0 Å². The molecule has 1 fully saturated rings. The Labute approximate surface area is 113 Å². The van der Waals surface area contributed by atoms with Crippen LogP contribution in [0, 0.1) is 5.82 Å². The van der Waals surface area contributed by atoms with Gasteiger partial charge in [0.1, 0.15) is 5.82 Å². The van der Waals surface area contributed by atoms with Crippen LogP contribution in [-0.4, -0.2) is 44.5 Å². The molecular formula is C14H20FN3O. The molecule has 104 valence electrons. The highest BCUT2D eigenvalue weighted by Gasteiger charge is 2.23. The van der Waals surface area contributed by atoms with Gasteiger partial charge in [-0.05, 0) is 25.1 Å². The van der Waals surface area contributed by atoms with E-state index in [1.165, 1.54) is 6.07 Å². The van der Waals surface area contributed by atoms with Crippen LogP contribution in [-0.2, 0) is 11.3 Å². The summed E-state index contributed by atoms with van der Waals surface area (Å²) in [5.41, 5.74) is 1.44. The lowest BCUT2D eigenvalue weighted by Crippen LogP contribution is -2.35. The normalized spacial score (nSPS) is 16.7. The highest BCUT2D eigenvalue weighted by Crippen LogP contribution is 2.25. The Morgan fingerprint density at radius 3 is 2.89 bits per heavy atom. The molecule has 1 amide bonds. The number of halogens is 1. The molecule has 0 aromatic heterocycles. The zero-order valence-electron chi connectivity index (χ0n) is 11.4. The fourth-order valence-electron chi connectivity index (χ4n) is 2.42. The third-order valence-electron chi connectivity index (χ3n) is 3.43. The summed E-state index contributed by atoms with van der Waals surface area (Å²) < 4.78 is 14.1. The van der Waals surface area contributed by atoms with Gasteiger partial charge < -0.3 is 15.1 Å². The molecule has 1 heterocycles. The number of nitrogens with one attached hydrogen (secondary N) is 1. The summed E-state index contributed by atoms with van der Waals surface area (Å²) in [6.07, 6.45) is 0.857. The second-order valence-corrected chi connectivity index (χ2v) is 4.87. The van der Waals surface area contributed by atoms with Crippen molar-refractivity contribution in [1.29, 1.82) is 0 Å². The average molecular weight is 265 g/mol. The fraction of sp³-hybridized carbons (Fsp3) is 0.500. The first-order valence-corrected chi connectivity index (χ1v) is 6.54. The van der Waals surface area contributed by atoms with Crippen molar-refractivity contribution in [2.24, 2.45) is 0 Å². The summed E-state index contributed by atoms with van der Waals surface area (Å²) in [5, 5.41) is 3.04. The molecule has 0 bridgehead atoms. The Hall–Kier alpha value is -1.62. The average Bonchev–Trinajstić information content (AvgIpc) is 2.53. The highest BCUT2D eigenvalue weighted by atomic mass is 19.1. The minimum Gasteiger partial charge on any atom is -0.360 e. The van der Waals surface area contributed by atoms with Crippen LogP contribution >= 0.6 is 0 Å². The van der Waals surface area contributed by atoms with Crippen molar-refractivity contribution >= 4 is 11.6 Å². The van der Waals surface area contributed by atoms with E-state index in [0.29, 0.717) is 18.8 Å². The van der Waals surface area contributed by atoms with Gasteiger partial charge in [0.25, 0.3) is 0 Å². The molecule has 1 aliphatic rings. The molecule has 0 spiro atoms. The molecule has 0 atom stereocenters. The Bertz CT molecular complexity index is 464. The van der Waals surface area contributed by atoms with Crippen molar-refractivity contribution in [3.05, 3.63) is 29.6 Å². The number of carbonyl (C=O) groups is 1. The second kappa shape index (κ2) is 6.02. The number of nitrogens with zero attached hydrogens (tertiary/aromatic N) is 2. The number of amides is 1. The first kappa shape index (κ1) is 13.8. The molecule has 1 saturated heterocycles. The standard InChI is InChI=1S/C14H20FN3O/c1-16-9-11-5-3-6-12(15)14(11)18-8-4-7-17(2)13(19)10-18/h3,5-6,16H,4,7-10H2,1-2H3. The van der Waals surface area contributed by atoms with Gasteiger partial charge in [-0.1, -0.05) is 12.1 Å². The van der Waals surface area contributed by atoms with Crippen molar-refractivity contribution in [2.75, 3.05) is 38.6 Å². The quantitative estimate of drug-likeness (QED) is 0.892. The number of benzene rings is 1. The lowest BCUT2D eigenvalue weighted by atomic mass is 10.1. The number of anilines is 1. The molecule has 0 unspecified atom stereocenters. The molecule has 5 heteroatoms. The van der Waals surface area contributed by atoms with Crippen molar-refractivity contribution < 1.29 is 9.18 Å². The van der Waals surface area contributed by atoms with E-state index in [1.54, 1.807) is 18.0 Å². The minimum atomic E-state index is -0.259. The number of likely N-dealkylation sites (N-methyl/N-ethyl adjacent to an activating group) is 1. The molecule has 0 aliphatic carbocycles. The predicted molar refractivity (Wildman–Crippen MR) is 73.6 cm³/mol. The number of carbonyl (C=O) groups excluding carboxylic acids is 1. The topological polar surface area (TPSA) is 35.6 Å². The summed E-state index contributed by atoms with van der Waals surface area (Å²) in [6.45, 7) is 2.26. The van der Waals surface area contributed by atoms with E-state index in [0.717, 1.165) is 18.5 Å². The summed E-state index contributed by atoms with van der Waals surface area (Å²) in [7, 11) is 3.62. The number of rotatable bonds is 3. The van der Waals surface area contributed by atoms with Gasteiger partial charge >= 0.3 is 0 Å². The Morgan fingerprint density at radius 2 is 2.16 bits per heavy atom. The van der Waals surface area contributed by atoms with Crippen molar-refractivity contribution in [3.63, 3.8) is 0 Å². The number of para-hydroxylation sites is 1. The summed E-state index contributed by atoms with van der Waals surface area (Å²) in [5.74, 6) is -0.221. The molecule has 1 aromatic rings. The van der Waals surface area contributed by atoms with Gasteiger partial charge in [-0.2, -0.15) is 0 Å². The van der Waals surface area contributed by atoms with Gasteiger partial charge in [-0.3, -0.25) is 4.79 Å². The molecule has 0 radical (unpaired) electrons. The van der Waals surface area contributed by atoms with E-state index in [-0.39, 0.29) is 18.3 Å². The van der Waals surface area contributed by atoms with Crippen LogP contribution in [0.2, 0.25) is 0 Å². The molecule has 19 heavy (non-hydrogen) atoms. The van der Waals surface area contributed by atoms with Crippen LogP contribution in [0.25, 0.3) is 0 Å². The van der Waals surface area contributed by atoms with E-state index in [9.17, 15) is 9.18 Å². The fourth-order valence-corrected chi connectivity index (χ4v) is 2.42. The van der Waals surface area contributed by atoms with Crippen LogP contribution in [0.1, 0.15) is 12.0 Å². The first-order chi connectivity index (χ1) is 9.13. The lowest BCUT2D eigenvalue weighted by Gasteiger charge is -2.25. The van der Waals surface area contributed by atoms with Gasteiger partial charge in [-0.15, -0.1) is 0 Å². The first-order valence-electron chi connectivity index (χ1n) is 6.54. The molecule has 1 aromatic carbocycles. The second-order valence-electron chi connectivity index (χ2n) is 4.87. The molecule has 4 nitrogen and oxygen atoms in total. The maximum Gasteiger partial charge on any atom is 0.241 e. The number of hydrogen-bond acceptors (Lipinski definition) is 3. The summed E-state index contributed by atoms with van der Waals surface area (Å²) >= 11 is 0. The SMILES string of the molecule is CNCc1cccc(F)c1N1CCCN(C)C(=O)C1. The Kier molecular flexibility index (Phi) is 4.37. The highest BCUT2D eigenvalue weighted by molar-refractivity contribution is 5.82. The van der Waals surface area contributed by atoms with Crippen molar-refractivity contribution in [2.45, 2.75) is 13.0 Å². The zero-order valence-corrected chi connectivity index (χ0v) is 11.4. The monoisotopic (exact) mass is 265 g/mol. The van der Waals surface area contributed by atoms with E-state index in [4.69, 9.17) is 0 Å². The minimum absolute atomic E-state index is 0.0381. The van der Waals surface area contributed by atoms with Gasteiger partial charge in [0.2, 0.25) is 5.91 Å². The largest absolute Gasteiger partial charge is 0.360 e. The summed E-state index contributed by atoms with van der Waals surface area (Å²) in [6, 6.07) is 5.05. The van der Waals surface area contributed by atoms with Crippen molar-refractivity contribution in [1.82, 2.24) is 10.2 Å². The van der Waals surface area contributed by atoms with Gasteiger partial charge in [0.05, 0.1) is 12.2 Å². The van der Waals surface area contributed by atoms with E-state index in [1.807, 2.05) is 18.0 Å². The van der Waals surface area contributed by atoms with Gasteiger partial charge in [0.15, 0.2) is 0 Å². The molecule has 0 saturated carbocycles. The third-order valence-corrected chi connectivity index (χ3v) is 3.43. The maximum absolute atomic E-state index is 14.1. The van der Waals surface area contributed by atoms with E-state index >= 15 is 0 Å². The Morgan fingerprint density at radius 1 is 1.37 bits per heavy atom. The lowest BCUT2D eigenvalue weighted by molar-refractivity contribution is -0.127. The Balaban J connectivity index is 2.32. The van der Waals surface area contributed by atoms with Crippen LogP contribution in [0.4, 0.5) is 10.1 Å². The molecule has 2 rings (SSSR count). The molecule has 1 N–H and O–H groups in total. The zero-order chi connectivity index (χ0) is 13.8. The van der Waals surface area contributed by atoms with Crippen LogP contribution < -0.4 is 10.2 Å². The maximum atomic E-state index is 14.1. The smallest absolute Gasteiger partial charge is 0.241 e. The predicted octanol–water partition coefficient (Wildman–Crippen LogP) is 1.21.